The number of carbonyl (C=O) groups excluding carboxylic acids is 2. The summed E-state index contributed by atoms with van der Waals surface area (Å²) in [4.78, 5) is 28.2. The van der Waals surface area contributed by atoms with Crippen LogP contribution in [0.3, 0.4) is 0 Å². The van der Waals surface area contributed by atoms with E-state index in [-0.39, 0.29) is 5.70 Å². The summed E-state index contributed by atoms with van der Waals surface area (Å²) in [5.41, 5.74) is 6.17. The molecule has 0 saturated heterocycles. The average molecular weight is 465 g/mol. The Morgan fingerprint density at radius 2 is 1.31 bits per heavy atom. The van der Waals surface area contributed by atoms with Crippen molar-refractivity contribution in [2.45, 2.75) is 27.7 Å². The Kier molecular flexibility index (Phi) is 5.85. The Morgan fingerprint density at radius 3 is 1.94 bits per heavy atom. The number of aryl methyl sites for hydroxylation is 4. The van der Waals surface area contributed by atoms with Gasteiger partial charge in [0.15, 0.2) is 0 Å². The topological polar surface area (TPSA) is 49.4 Å². The number of hydrogen-bond acceptors (Lipinski definition) is 3. The fraction of sp³-hybridized carbons (Fsp3) is 0.154. The maximum atomic E-state index is 13.6. The minimum absolute atomic E-state index is 0.204. The summed E-state index contributed by atoms with van der Waals surface area (Å²) >= 11 is 12.6. The van der Waals surface area contributed by atoms with Gasteiger partial charge in [-0.2, -0.15) is 0 Å². The summed E-state index contributed by atoms with van der Waals surface area (Å²) in [5.74, 6) is -0.848. The quantitative estimate of drug-likeness (QED) is 0.441. The second kappa shape index (κ2) is 8.45. The molecule has 4 nitrogen and oxygen atoms in total. The monoisotopic (exact) mass is 464 g/mol. The lowest BCUT2D eigenvalue weighted by Crippen LogP contribution is -2.32. The zero-order valence-corrected chi connectivity index (χ0v) is 19.7. The number of hydrogen-bond donors (Lipinski definition) is 1. The molecule has 4 rings (SSSR count). The number of benzene rings is 3. The molecule has 1 heterocycles. The van der Waals surface area contributed by atoms with E-state index >= 15 is 0 Å². The van der Waals surface area contributed by atoms with E-state index < -0.39 is 11.8 Å². The molecule has 0 bridgehead atoms. The van der Waals surface area contributed by atoms with Gasteiger partial charge < -0.3 is 5.32 Å². The van der Waals surface area contributed by atoms with Crippen molar-refractivity contribution >= 4 is 52.0 Å². The first-order chi connectivity index (χ1) is 15.2. The van der Waals surface area contributed by atoms with Crippen molar-refractivity contribution in [1.82, 2.24) is 0 Å². The van der Waals surface area contributed by atoms with Gasteiger partial charge in [0.1, 0.15) is 5.70 Å². The molecule has 0 fully saturated rings. The third-order valence-electron chi connectivity index (χ3n) is 5.73. The van der Waals surface area contributed by atoms with Crippen LogP contribution in [0.5, 0.6) is 0 Å². The molecule has 0 saturated carbocycles. The molecular weight excluding hydrogens is 443 g/mol. The van der Waals surface area contributed by atoms with Crippen LogP contribution in [0.25, 0.3) is 5.57 Å². The van der Waals surface area contributed by atoms with Gasteiger partial charge in [0, 0.05) is 15.7 Å². The number of anilines is 2. The Bertz CT molecular complexity index is 1310. The summed E-state index contributed by atoms with van der Waals surface area (Å²) in [7, 11) is 0. The second-order valence-corrected chi connectivity index (χ2v) is 8.83. The van der Waals surface area contributed by atoms with Crippen LogP contribution in [-0.4, -0.2) is 11.8 Å². The molecule has 1 N–H and O–H groups in total. The molecule has 0 aromatic heterocycles. The minimum Gasteiger partial charge on any atom is -0.350 e. The molecule has 0 spiro atoms. The van der Waals surface area contributed by atoms with Crippen molar-refractivity contribution < 1.29 is 9.59 Å². The van der Waals surface area contributed by atoms with Crippen LogP contribution in [0.4, 0.5) is 11.4 Å². The van der Waals surface area contributed by atoms with Crippen LogP contribution in [-0.2, 0) is 9.59 Å². The molecular formula is C26H22Cl2N2O2. The zero-order chi connectivity index (χ0) is 23.2. The number of amides is 2. The zero-order valence-electron chi connectivity index (χ0n) is 18.2. The summed E-state index contributed by atoms with van der Waals surface area (Å²) < 4.78 is 0. The summed E-state index contributed by atoms with van der Waals surface area (Å²) in [6.45, 7) is 7.75. The predicted octanol–water partition coefficient (Wildman–Crippen LogP) is 6.62. The lowest BCUT2D eigenvalue weighted by Gasteiger charge is -2.16. The highest BCUT2D eigenvalue weighted by Gasteiger charge is 2.40. The van der Waals surface area contributed by atoms with E-state index in [0.717, 1.165) is 27.2 Å². The third kappa shape index (κ3) is 3.92. The van der Waals surface area contributed by atoms with Gasteiger partial charge in [0.25, 0.3) is 11.8 Å². The highest BCUT2D eigenvalue weighted by Crippen LogP contribution is 2.36. The minimum atomic E-state index is -0.445. The van der Waals surface area contributed by atoms with Crippen LogP contribution in [0, 0.1) is 27.7 Å². The van der Waals surface area contributed by atoms with E-state index in [1.54, 1.807) is 24.3 Å². The largest absolute Gasteiger partial charge is 0.350 e. The number of rotatable bonds is 4. The van der Waals surface area contributed by atoms with E-state index in [0.29, 0.717) is 32.6 Å². The Hall–Kier alpha value is -3.08. The SMILES string of the molecule is Cc1ccc(C2=C(Nc3ccc(C)c(Cl)c3)C(=O)N(c3ccc(C)c(Cl)c3)C2=O)cc1C. The van der Waals surface area contributed by atoms with Crippen LogP contribution in [0.15, 0.2) is 60.3 Å². The molecule has 0 unspecified atom stereocenters. The van der Waals surface area contributed by atoms with Gasteiger partial charge in [-0.15, -0.1) is 0 Å². The average Bonchev–Trinajstić information content (AvgIpc) is 2.99. The fourth-order valence-corrected chi connectivity index (χ4v) is 3.94. The van der Waals surface area contributed by atoms with Gasteiger partial charge in [-0.05, 0) is 79.8 Å². The molecule has 2 amide bonds. The molecule has 3 aromatic rings. The van der Waals surface area contributed by atoms with Gasteiger partial charge in [0.2, 0.25) is 0 Å². The molecule has 1 aliphatic rings. The maximum absolute atomic E-state index is 13.6. The number of nitrogens with one attached hydrogen (secondary N) is 1. The lowest BCUT2D eigenvalue weighted by atomic mass is 9.99. The Labute approximate surface area is 197 Å². The van der Waals surface area contributed by atoms with Crippen molar-refractivity contribution in [2.75, 3.05) is 10.2 Å². The molecule has 0 radical (unpaired) electrons. The van der Waals surface area contributed by atoms with Crippen molar-refractivity contribution in [3.05, 3.63) is 98.2 Å². The number of carbonyl (C=O) groups is 2. The maximum Gasteiger partial charge on any atom is 0.282 e. The first kappa shape index (κ1) is 22.1. The fourth-order valence-electron chi connectivity index (χ4n) is 3.58. The summed E-state index contributed by atoms with van der Waals surface area (Å²) in [6, 6.07) is 16.3. The van der Waals surface area contributed by atoms with E-state index in [1.165, 1.54) is 0 Å². The molecule has 0 aliphatic carbocycles. The normalized spacial score (nSPS) is 13.9. The number of imide groups is 1. The molecule has 3 aromatic carbocycles. The van der Waals surface area contributed by atoms with Crippen LogP contribution < -0.4 is 10.2 Å². The van der Waals surface area contributed by atoms with Crippen LogP contribution >= 0.6 is 23.2 Å². The standard InChI is InChI=1S/C26H22Cl2N2O2/c1-14-5-8-18(11-17(14)4)23-24(29-19-9-6-15(2)21(27)12-19)26(32)30(25(23)31)20-10-7-16(3)22(28)13-20/h5-13,29H,1-4H3. The first-order valence-corrected chi connectivity index (χ1v) is 10.9. The molecule has 32 heavy (non-hydrogen) atoms. The summed E-state index contributed by atoms with van der Waals surface area (Å²) in [5, 5.41) is 4.21. The second-order valence-electron chi connectivity index (χ2n) is 8.02. The van der Waals surface area contributed by atoms with E-state index in [1.807, 2.05) is 58.0 Å². The van der Waals surface area contributed by atoms with Crippen molar-refractivity contribution in [2.24, 2.45) is 0 Å². The van der Waals surface area contributed by atoms with Gasteiger partial charge >= 0.3 is 0 Å². The number of halogens is 2. The highest BCUT2D eigenvalue weighted by atomic mass is 35.5. The lowest BCUT2D eigenvalue weighted by molar-refractivity contribution is -0.120. The first-order valence-electron chi connectivity index (χ1n) is 10.2. The molecule has 1 aliphatic heterocycles. The van der Waals surface area contributed by atoms with Crippen molar-refractivity contribution in [1.29, 1.82) is 0 Å². The van der Waals surface area contributed by atoms with Gasteiger partial charge in [0.05, 0.1) is 11.3 Å². The number of nitrogens with zero attached hydrogens (tertiary/aromatic N) is 1. The van der Waals surface area contributed by atoms with E-state index in [2.05, 4.69) is 5.32 Å². The third-order valence-corrected chi connectivity index (χ3v) is 6.55. The molecule has 6 heteroatoms. The van der Waals surface area contributed by atoms with Crippen molar-refractivity contribution in [3.63, 3.8) is 0 Å². The van der Waals surface area contributed by atoms with E-state index in [9.17, 15) is 9.59 Å². The molecule has 0 atom stereocenters. The molecule has 162 valence electrons. The predicted molar refractivity (Wildman–Crippen MR) is 131 cm³/mol. The Morgan fingerprint density at radius 1 is 0.688 bits per heavy atom. The van der Waals surface area contributed by atoms with Gasteiger partial charge in [-0.25, -0.2) is 4.90 Å². The van der Waals surface area contributed by atoms with Crippen molar-refractivity contribution in [3.8, 4) is 0 Å². The highest BCUT2D eigenvalue weighted by molar-refractivity contribution is 6.46. The van der Waals surface area contributed by atoms with E-state index in [4.69, 9.17) is 23.2 Å². The van der Waals surface area contributed by atoms with Crippen LogP contribution in [0.2, 0.25) is 10.0 Å². The smallest absolute Gasteiger partial charge is 0.282 e. The van der Waals surface area contributed by atoms with Gasteiger partial charge in [-0.1, -0.05) is 53.5 Å². The van der Waals surface area contributed by atoms with Crippen LogP contribution in [0.1, 0.15) is 27.8 Å². The van der Waals surface area contributed by atoms with Gasteiger partial charge in [-0.3, -0.25) is 9.59 Å². The summed E-state index contributed by atoms with van der Waals surface area (Å²) in [6.07, 6.45) is 0. The Balaban J connectivity index is 1.85.